The van der Waals surface area contributed by atoms with Crippen molar-refractivity contribution in [1.29, 1.82) is 0 Å². The van der Waals surface area contributed by atoms with Gasteiger partial charge >= 0.3 is 0 Å². The van der Waals surface area contributed by atoms with E-state index in [1.807, 2.05) is 0 Å². The number of benzene rings is 2. The molecule has 4 aromatic rings. The lowest BCUT2D eigenvalue weighted by atomic mass is 10.0. The van der Waals surface area contributed by atoms with Crippen LogP contribution in [0.5, 0.6) is 0 Å². The minimum absolute atomic E-state index is 1.04. The second-order valence-corrected chi connectivity index (χ2v) is 5.21. The number of rotatable bonds is 1. The number of aromatic amines is 1. The molecule has 0 unspecified atom stereocenters. The third-order valence-corrected chi connectivity index (χ3v) is 4.03. The molecule has 0 radical (unpaired) electrons. The molecular weight excluding hydrogens is 240 g/mol. The highest BCUT2D eigenvalue weighted by molar-refractivity contribution is 7.16. The molecule has 0 aliphatic rings. The van der Waals surface area contributed by atoms with Gasteiger partial charge in [-0.25, -0.2) is 0 Å². The lowest BCUT2D eigenvalue weighted by molar-refractivity contribution is 1.13. The molecule has 0 amide bonds. The van der Waals surface area contributed by atoms with Gasteiger partial charge < -0.3 is 0 Å². The van der Waals surface area contributed by atoms with E-state index in [1.54, 1.807) is 11.3 Å². The molecule has 2 nitrogen and oxygen atoms in total. The average molecular weight is 250 g/mol. The highest BCUT2D eigenvalue weighted by atomic mass is 32.1. The van der Waals surface area contributed by atoms with E-state index in [0.717, 1.165) is 10.5 Å². The first-order valence-electron chi connectivity index (χ1n) is 5.82. The van der Waals surface area contributed by atoms with Gasteiger partial charge in [-0.3, -0.25) is 5.10 Å². The van der Waals surface area contributed by atoms with E-state index in [4.69, 9.17) is 0 Å². The number of hydrogen-bond donors (Lipinski definition) is 1. The van der Waals surface area contributed by atoms with E-state index in [2.05, 4.69) is 64.1 Å². The van der Waals surface area contributed by atoms with E-state index in [0.29, 0.717) is 0 Å². The van der Waals surface area contributed by atoms with Gasteiger partial charge in [0.1, 0.15) is 10.5 Å². The lowest BCUT2D eigenvalue weighted by Gasteiger charge is -2.01. The molecule has 0 saturated carbocycles. The number of H-pyrrole nitrogens is 1. The summed E-state index contributed by atoms with van der Waals surface area (Å²) in [7, 11) is 0. The Morgan fingerprint density at radius 2 is 1.83 bits per heavy atom. The Balaban J connectivity index is 1.99. The van der Waals surface area contributed by atoms with Crippen molar-refractivity contribution in [3.05, 3.63) is 53.9 Å². The van der Waals surface area contributed by atoms with Crippen LogP contribution in [0.25, 0.3) is 32.2 Å². The summed E-state index contributed by atoms with van der Waals surface area (Å²) < 4.78 is 0. The quantitative estimate of drug-likeness (QED) is 0.531. The average Bonchev–Trinajstić information content (AvgIpc) is 3.00. The van der Waals surface area contributed by atoms with Gasteiger partial charge in [-0.2, -0.15) is 5.10 Å². The predicted octanol–water partition coefficient (Wildman–Crippen LogP) is 4.44. The predicted molar refractivity (Wildman–Crippen MR) is 76.9 cm³/mol. The second kappa shape index (κ2) is 3.68. The maximum absolute atomic E-state index is 4.42. The van der Waals surface area contributed by atoms with E-state index in [9.17, 15) is 0 Å². The molecule has 0 bridgehead atoms. The second-order valence-electron chi connectivity index (χ2n) is 4.30. The summed E-state index contributed by atoms with van der Waals surface area (Å²) in [5, 5.41) is 13.3. The van der Waals surface area contributed by atoms with E-state index in [-0.39, 0.29) is 0 Å². The van der Waals surface area contributed by atoms with Crippen molar-refractivity contribution in [2.75, 3.05) is 0 Å². The standard InChI is InChI=1S/C15H10N2S/c1-2-4-11-9-12(6-5-10(11)3-1)14-13-7-8-18-15(13)17-16-14/h1-9H,(H,16,17). The lowest BCUT2D eigenvalue weighted by Crippen LogP contribution is -1.79. The molecule has 0 saturated heterocycles. The number of aromatic nitrogens is 2. The Kier molecular flexibility index (Phi) is 2.02. The van der Waals surface area contributed by atoms with Crippen molar-refractivity contribution in [1.82, 2.24) is 10.2 Å². The Morgan fingerprint density at radius 3 is 2.78 bits per heavy atom. The summed E-state index contributed by atoms with van der Waals surface area (Å²) in [6.45, 7) is 0. The summed E-state index contributed by atoms with van der Waals surface area (Å²) in [6, 6.07) is 17.0. The summed E-state index contributed by atoms with van der Waals surface area (Å²) in [5.41, 5.74) is 2.20. The Labute approximate surface area is 108 Å². The largest absolute Gasteiger partial charge is 0.267 e. The van der Waals surface area contributed by atoms with Crippen LogP contribution < -0.4 is 0 Å². The van der Waals surface area contributed by atoms with Gasteiger partial charge in [-0.05, 0) is 28.3 Å². The van der Waals surface area contributed by atoms with Crippen LogP contribution >= 0.6 is 11.3 Å². The molecular formula is C15H10N2S. The molecule has 2 aromatic heterocycles. The number of thiophene rings is 1. The van der Waals surface area contributed by atoms with Crippen molar-refractivity contribution in [2.24, 2.45) is 0 Å². The molecule has 0 spiro atoms. The number of fused-ring (bicyclic) bond motifs is 2. The molecule has 18 heavy (non-hydrogen) atoms. The molecule has 0 aliphatic heterocycles. The third-order valence-electron chi connectivity index (χ3n) is 3.21. The molecule has 2 aromatic carbocycles. The Bertz CT molecular complexity index is 842. The van der Waals surface area contributed by atoms with Crippen LogP contribution in [0.4, 0.5) is 0 Å². The first kappa shape index (κ1) is 9.85. The molecule has 1 N–H and O–H groups in total. The fraction of sp³-hybridized carbons (Fsp3) is 0. The highest BCUT2D eigenvalue weighted by Crippen LogP contribution is 2.30. The Morgan fingerprint density at radius 1 is 0.944 bits per heavy atom. The van der Waals surface area contributed by atoms with E-state index >= 15 is 0 Å². The van der Waals surface area contributed by atoms with Crippen LogP contribution in [0.1, 0.15) is 0 Å². The van der Waals surface area contributed by atoms with Crippen LogP contribution in [-0.2, 0) is 0 Å². The zero-order chi connectivity index (χ0) is 11.9. The zero-order valence-corrected chi connectivity index (χ0v) is 10.4. The molecule has 86 valence electrons. The fourth-order valence-corrected chi connectivity index (χ4v) is 3.04. The van der Waals surface area contributed by atoms with Crippen molar-refractivity contribution < 1.29 is 0 Å². The molecule has 0 fully saturated rings. The number of nitrogens with one attached hydrogen (secondary N) is 1. The smallest absolute Gasteiger partial charge is 0.118 e. The first-order valence-corrected chi connectivity index (χ1v) is 6.70. The first-order chi connectivity index (χ1) is 8.92. The summed E-state index contributed by atoms with van der Waals surface area (Å²) >= 11 is 1.69. The topological polar surface area (TPSA) is 28.7 Å². The zero-order valence-electron chi connectivity index (χ0n) is 9.55. The maximum atomic E-state index is 4.42. The minimum Gasteiger partial charge on any atom is -0.267 e. The van der Waals surface area contributed by atoms with Crippen molar-refractivity contribution >= 4 is 32.3 Å². The molecule has 0 aliphatic carbocycles. The summed E-state index contributed by atoms with van der Waals surface area (Å²) in [6.07, 6.45) is 0. The molecule has 3 heteroatoms. The summed E-state index contributed by atoms with van der Waals surface area (Å²) in [5.74, 6) is 0. The minimum atomic E-state index is 1.04. The molecule has 4 rings (SSSR count). The van der Waals surface area contributed by atoms with Crippen LogP contribution in [0.3, 0.4) is 0 Å². The van der Waals surface area contributed by atoms with Crippen LogP contribution in [0.2, 0.25) is 0 Å². The van der Waals surface area contributed by atoms with Gasteiger partial charge in [0.2, 0.25) is 0 Å². The van der Waals surface area contributed by atoms with Gasteiger partial charge in [-0.15, -0.1) is 11.3 Å². The van der Waals surface area contributed by atoms with Crippen molar-refractivity contribution in [2.45, 2.75) is 0 Å². The van der Waals surface area contributed by atoms with Gasteiger partial charge in [-0.1, -0.05) is 36.4 Å². The van der Waals surface area contributed by atoms with Gasteiger partial charge in [0.25, 0.3) is 0 Å². The molecule has 0 atom stereocenters. The van der Waals surface area contributed by atoms with Crippen LogP contribution in [-0.4, -0.2) is 10.2 Å². The van der Waals surface area contributed by atoms with Crippen LogP contribution in [0, 0.1) is 0 Å². The Hall–Kier alpha value is -2.13. The summed E-state index contributed by atoms with van der Waals surface area (Å²) in [4.78, 5) is 1.14. The number of nitrogens with zero attached hydrogens (tertiary/aromatic N) is 1. The SMILES string of the molecule is c1ccc2cc(-c3n[nH]c4sccc34)ccc2c1. The van der Waals surface area contributed by atoms with Gasteiger partial charge in [0.15, 0.2) is 0 Å². The monoisotopic (exact) mass is 250 g/mol. The number of hydrogen-bond acceptors (Lipinski definition) is 2. The maximum Gasteiger partial charge on any atom is 0.118 e. The third kappa shape index (κ3) is 1.38. The van der Waals surface area contributed by atoms with Crippen molar-refractivity contribution in [3.8, 4) is 11.3 Å². The van der Waals surface area contributed by atoms with Crippen molar-refractivity contribution in [3.63, 3.8) is 0 Å². The van der Waals surface area contributed by atoms with E-state index in [1.165, 1.54) is 21.7 Å². The van der Waals surface area contributed by atoms with Crippen LogP contribution in [0.15, 0.2) is 53.9 Å². The molecule has 2 heterocycles. The van der Waals surface area contributed by atoms with E-state index < -0.39 is 0 Å². The van der Waals surface area contributed by atoms with Gasteiger partial charge in [0.05, 0.1) is 0 Å². The highest BCUT2D eigenvalue weighted by Gasteiger charge is 2.08. The van der Waals surface area contributed by atoms with Gasteiger partial charge in [0, 0.05) is 10.9 Å². The fourth-order valence-electron chi connectivity index (χ4n) is 2.31. The normalized spacial score (nSPS) is 11.3.